The van der Waals surface area contributed by atoms with Crippen LogP contribution in [0.3, 0.4) is 0 Å². The normalized spacial score (nSPS) is 17.4. The van der Waals surface area contributed by atoms with Gasteiger partial charge < -0.3 is 5.32 Å². The van der Waals surface area contributed by atoms with Crippen LogP contribution in [0, 0.1) is 29.9 Å². The molecular weight excluding hydrogens is 254 g/mol. The monoisotopic (exact) mass is 277 g/mol. The molecule has 1 atom stereocenters. The Bertz CT molecular complexity index is 496. The third-order valence-electron chi connectivity index (χ3n) is 4.46. The average Bonchev–Trinajstić information content (AvgIpc) is 2.91. The Morgan fingerprint density at radius 3 is 2.70 bits per heavy atom. The van der Waals surface area contributed by atoms with Crippen molar-refractivity contribution in [2.45, 2.75) is 59.0 Å². The Hall–Kier alpha value is -1.49. The fourth-order valence-electron chi connectivity index (χ4n) is 3.11. The Balaban J connectivity index is 2.06. The van der Waals surface area contributed by atoms with Gasteiger partial charge in [-0.25, -0.2) is 0 Å². The van der Waals surface area contributed by atoms with Crippen LogP contribution in [0.4, 0.5) is 5.69 Å². The van der Waals surface area contributed by atoms with E-state index in [2.05, 4.69) is 17.2 Å². The summed E-state index contributed by atoms with van der Waals surface area (Å²) in [6, 6.07) is 0.444. The van der Waals surface area contributed by atoms with Gasteiger partial charge in [-0.15, -0.1) is 0 Å². The maximum Gasteiger partial charge on any atom is 0.278 e. The highest BCUT2D eigenvalue weighted by Crippen LogP contribution is 2.28. The van der Waals surface area contributed by atoms with E-state index < -0.39 is 0 Å². The summed E-state index contributed by atoms with van der Waals surface area (Å²) in [5.74, 6) is 0.732. The molecule has 1 aliphatic carbocycles. The van der Waals surface area contributed by atoms with Gasteiger partial charge in [-0.1, -0.05) is 12.8 Å². The third kappa shape index (κ3) is 3.15. The lowest BCUT2D eigenvalue weighted by Gasteiger charge is -2.20. The van der Waals surface area contributed by atoms with Gasteiger partial charge in [0.25, 0.3) is 5.69 Å². The van der Waals surface area contributed by atoms with Crippen molar-refractivity contribution in [2.75, 3.05) is 0 Å². The van der Waals surface area contributed by atoms with Crippen LogP contribution >= 0.6 is 0 Å². The molecule has 20 heavy (non-hydrogen) atoms. The Labute approximate surface area is 119 Å². The molecule has 0 saturated heterocycles. The lowest BCUT2D eigenvalue weighted by molar-refractivity contribution is -0.386. The lowest BCUT2D eigenvalue weighted by atomic mass is 9.99. The third-order valence-corrected chi connectivity index (χ3v) is 4.46. The fraction of sp³-hybridized carbons (Fsp3) is 0.667. The van der Waals surface area contributed by atoms with E-state index in [1.54, 1.807) is 20.0 Å². The molecule has 0 unspecified atom stereocenters. The van der Waals surface area contributed by atoms with Gasteiger partial charge in [0.05, 0.1) is 10.6 Å². The highest BCUT2D eigenvalue weighted by atomic mass is 16.6. The zero-order valence-corrected chi connectivity index (χ0v) is 12.5. The van der Waals surface area contributed by atoms with Crippen LogP contribution in [0.25, 0.3) is 0 Å². The molecular formula is C15H23N3O2. The number of aromatic nitrogens is 1. The van der Waals surface area contributed by atoms with Gasteiger partial charge in [0.1, 0.15) is 0 Å². The predicted molar refractivity (Wildman–Crippen MR) is 78.6 cm³/mol. The molecule has 0 radical (unpaired) electrons. The van der Waals surface area contributed by atoms with Crippen molar-refractivity contribution in [3.63, 3.8) is 0 Å². The topological polar surface area (TPSA) is 68.1 Å². The number of rotatable bonds is 5. The van der Waals surface area contributed by atoms with Crippen molar-refractivity contribution in [2.24, 2.45) is 5.92 Å². The molecule has 0 spiro atoms. The minimum atomic E-state index is -0.309. The van der Waals surface area contributed by atoms with Crippen molar-refractivity contribution in [3.05, 3.63) is 33.1 Å². The van der Waals surface area contributed by atoms with Crippen molar-refractivity contribution < 1.29 is 4.92 Å². The molecule has 1 N–H and O–H groups in total. The maximum atomic E-state index is 11.1. The first-order valence-electron chi connectivity index (χ1n) is 7.33. The Kier molecular flexibility index (Phi) is 4.70. The van der Waals surface area contributed by atoms with Crippen LogP contribution in [0.1, 0.15) is 49.4 Å². The van der Waals surface area contributed by atoms with Crippen LogP contribution in [-0.2, 0) is 6.54 Å². The van der Waals surface area contributed by atoms with Crippen LogP contribution in [0.2, 0.25) is 0 Å². The molecule has 5 heteroatoms. The van der Waals surface area contributed by atoms with E-state index in [-0.39, 0.29) is 10.6 Å². The smallest absolute Gasteiger partial charge is 0.278 e. The maximum absolute atomic E-state index is 11.1. The van der Waals surface area contributed by atoms with Crippen LogP contribution in [-0.4, -0.2) is 15.9 Å². The molecule has 1 saturated carbocycles. The van der Waals surface area contributed by atoms with E-state index in [0.717, 1.165) is 11.6 Å². The zero-order chi connectivity index (χ0) is 14.7. The predicted octanol–water partition coefficient (Wildman–Crippen LogP) is 3.27. The van der Waals surface area contributed by atoms with Crippen molar-refractivity contribution in [3.8, 4) is 0 Å². The van der Waals surface area contributed by atoms with E-state index in [1.165, 1.54) is 25.7 Å². The summed E-state index contributed by atoms with van der Waals surface area (Å²) < 4.78 is 0. The van der Waals surface area contributed by atoms with E-state index >= 15 is 0 Å². The largest absolute Gasteiger partial charge is 0.308 e. The molecule has 5 nitrogen and oxygen atoms in total. The number of pyridine rings is 1. The highest BCUT2D eigenvalue weighted by Gasteiger charge is 2.22. The van der Waals surface area contributed by atoms with E-state index in [0.29, 0.717) is 23.7 Å². The standard InChI is InChI=1S/C15H23N3O2/c1-10-8-17-14(11(2)15(10)18(19)20)9-16-12(3)13-6-4-5-7-13/h8,12-13,16H,4-7,9H2,1-3H3/t12-/m1/s1. The van der Waals surface area contributed by atoms with Crippen LogP contribution in [0.15, 0.2) is 6.20 Å². The molecule has 1 heterocycles. The quantitative estimate of drug-likeness (QED) is 0.662. The second kappa shape index (κ2) is 6.31. The molecule has 0 amide bonds. The van der Waals surface area contributed by atoms with Gasteiger partial charge >= 0.3 is 0 Å². The fourth-order valence-corrected chi connectivity index (χ4v) is 3.11. The first kappa shape index (κ1) is 14.9. The lowest BCUT2D eigenvalue weighted by Crippen LogP contribution is -2.32. The second-order valence-electron chi connectivity index (χ2n) is 5.83. The number of aryl methyl sites for hydroxylation is 1. The van der Waals surface area contributed by atoms with Gasteiger partial charge in [0.15, 0.2) is 0 Å². The molecule has 2 rings (SSSR count). The highest BCUT2D eigenvalue weighted by molar-refractivity contribution is 5.47. The van der Waals surface area contributed by atoms with Crippen molar-refractivity contribution >= 4 is 5.69 Å². The molecule has 1 aromatic rings. The molecule has 0 aliphatic heterocycles. The number of nitrogens with one attached hydrogen (secondary N) is 1. The molecule has 1 aliphatic rings. The van der Waals surface area contributed by atoms with Crippen molar-refractivity contribution in [1.82, 2.24) is 10.3 Å². The van der Waals surface area contributed by atoms with E-state index in [1.807, 2.05) is 0 Å². The average molecular weight is 277 g/mol. The summed E-state index contributed by atoms with van der Waals surface area (Å²) in [7, 11) is 0. The molecule has 0 aromatic carbocycles. The minimum absolute atomic E-state index is 0.199. The molecule has 110 valence electrons. The zero-order valence-electron chi connectivity index (χ0n) is 12.5. The summed E-state index contributed by atoms with van der Waals surface area (Å²) in [5, 5.41) is 14.6. The van der Waals surface area contributed by atoms with Gasteiger partial charge in [-0.3, -0.25) is 15.1 Å². The molecule has 1 fully saturated rings. The van der Waals surface area contributed by atoms with Crippen LogP contribution in [0.5, 0.6) is 0 Å². The summed E-state index contributed by atoms with van der Waals surface area (Å²) in [4.78, 5) is 15.1. The van der Waals surface area contributed by atoms with E-state index in [9.17, 15) is 10.1 Å². The number of hydrogen-bond donors (Lipinski definition) is 1. The summed E-state index contributed by atoms with van der Waals surface area (Å²) in [6.07, 6.45) is 6.82. The van der Waals surface area contributed by atoms with Crippen molar-refractivity contribution in [1.29, 1.82) is 0 Å². The Morgan fingerprint density at radius 1 is 1.45 bits per heavy atom. The van der Waals surface area contributed by atoms with Gasteiger partial charge in [0.2, 0.25) is 0 Å². The summed E-state index contributed by atoms with van der Waals surface area (Å²) in [5.41, 5.74) is 2.29. The number of nitro groups is 1. The first-order chi connectivity index (χ1) is 9.50. The van der Waals surface area contributed by atoms with Gasteiger partial charge in [0, 0.05) is 29.9 Å². The molecule has 0 bridgehead atoms. The number of nitrogens with zero attached hydrogens (tertiary/aromatic N) is 2. The Morgan fingerprint density at radius 2 is 2.10 bits per heavy atom. The SMILES string of the molecule is Cc1cnc(CN[C@H](C)C2CCCC2)c(C)c1[N+](=O)[O-]. The number of hydrogen-bond acceptors (Lipinski definition) is 4. The van der Waals surface area contributed by atoms with Crippen LogP contribution < -0.4 is 5.32 Å². The van der Waals surface area contributed by atoms with E-state index in [4.69, 9.17) is 0 Å². The summed E-state index contributed by atoms with van der Waals surface area (Å²) >= 11 is 0. The minimum Gasteiger partial charge on any atom is -0.308 e. The summed E-state index contributed by atoms with van der Waals surface area (Å²) in [6.45, 7) is 6.32. The first-order valence-corrected chi connectivity index (χ1v) is 7.33. The van der Waals surface area contributed by atoms with Gasteiger partial charge in [-0.2, -0.15) is 0 Å². The molecule has 1 aromatic heterocycles. The second-order valence-corrected chi connectivity index (χ2v) is 5.83. The van der Waals surface area contributed by atoms with Gasteiger partial charge in [-0.05, 0) is 39.5 Å².